The van der Waals surface area contributed by atoms with E-state index < -0.39 is 11.7 Å². The molecule has 6 nitrogen and oxygen atoms in total. The molecule has 1 N–H and O–H groups in total. The van der Waals surface area contributed by atoms with Gasteiger partial charge in [0.15, 0.2) is 0 Å². The van der Waals surface area contributed by atoms with E-state index in [9.17, 15) is 9.90 Å². The van der Waals surface area contributed by atoms with Gasteiger partial charge in [0.1, 0.15) is 23.1 Å². The largest absolute Gasteiger partial charge is 0.484 e. The maximum absolute atomic E-state index is 12.3. The van der Waals surface area contributed by atoms with Crippen molar-refractivity contribution in [1.29, 1.82) is 0 Å². The van der Waals surface area contributed by atoms with Crippen molar-refractivity contribution in [3.63, 3.8) is 0 Å². The summed E-state index contributed by atoms with van der Waals surface area (Å²) in [6.45, 7) is 5.30. The van der Waals surface area contributed by atoms with E-state index in [0.717, 1.165) is 30.5 Å². The van der Waals surface area contributed by atoms with Gasteiger partial charge >= 0.3 is 6.09 Å². The van der Waals surface area contributed by atoms with Crippen LogP contribution in [0.3, 0.4) is 0 Å². The molecule has 0 saturated heterocycles. The average Bonchev–Trinajstić information content (AvgIpc) is 3.00. The van der Waals surface area contributed by atoms with Crippen molar-refractivity contribution in [1.82, 2.24) is 9.78 Å². The van der Waals surface area contributed by atoms with Crippen LogP contribution in [0.25, 0.3) is 0 Å². The third-order valence-electron chi connectivity index (χ3n) is 4.09. The highest BCUT2D eigenvalue weighted by atomic mass is 35.5. The Kier molecular flexibility index (Phi) is 5.25. The average molecular weight is 379 g/mol. The van der Waals surface area contributed by atoms with E-state index in [1.165, 1.54) is 4.68 Å². The molecule has 1 atom stereocenters. The summed E-state index contributed by atoms with van der Waals surface area (Å²) in [5.41, 5.74) is 1.77. The molecular weight excluding hydrogens is 356 g/mol. The minimum Gasteiger partial charge on any atom is -0.484 e. The molecule has 1 aromatic heterocycles. The number of fused-ring (bicyclic) bond motifs is 1. The molecule has 0 fully saturated rings. The van der Waals surface area contributed by atoms with Crippen molar-refractivity contribution in [2.45, 2.75) is 58.3 Å². The predicted octanol–water partition coefficient (Wildman–Crippen LogP) is 4.27. The maximum Gasteiger partial charge on any atom is 0.435 e. The third-order valence-corrected chi connectivity index (χ3v) is 4.46. The van der Waals surface area contributed by atoms with Crippen LogP contribution in [0.1, 0.15) is 56.5 Å². The highest BCUT2D eigenvalue weighted by Crippen LogP contribution is 2.34. The zero-order valence-corrected chi connectivity index (χ0v) is 15.9. The van der Waals surface area contributed by atoms with Crippen molar-refractivity contribution < 1.29 is 19.4 Å². The lowest BCUT2D eigenvalue weighted by atomic mass is 9.96. The Morgan fingerprint density at radius 2 is 2.19 bits per heavy atom. The Hall–Kier alpha value is -2.05. The molecule has 7 heteroatoms. The van der Waals surface area contributed by atoms with Crippen LogP contribution in [-0.2, 0) is 17.8 Å². The minimum absolute atomic E-state index is 0.154. The van der Waals surface area contributed by atoms with Crippen LogP contribution in [-0.4, -0.2) is 26.6 Å². The fraction of sp³-hybridized carbons (Fsp3) is 0.474. The number of hydrogen-bond acceptors (Lipinski definition) is 5. The molecule has 3 rings (SSSR count). The summed E-state index contributed by atoms with van der Waals surface area (Å²) in [5, 5.41) is 14.3. The topological polar surface area (TPSA) is 73.6 Å². The van der Waals surface area contributed by atoms with Gasteiger partial charge in [-0.15, -0.1) is 0 Å². The van der Waals surface area contributed by atoms with Crippen molar-refractivity contribution in [2.75, 3.05) is 0 Å². The number of carbonyl (C=O) groups excluding carboxylic acids is 1. The lowest BCUT2D eigenvalue weighted by Gasteiger charge is -2.22. The minimum atomic E-state index is -0.580. The highest BCUT2D eigenvalue weighted by Gasteiger charge is 2.28. The first kappa shape index (κ1) is 18.7. The van der Waals surface area contributed by atoms with Crippen LogP contribution >= 0.6 is 11.6 Å². The number of aryl methyl sites for hydroxylation is 1. The second-order valence-electron chi connectivity index (χ2n) is 7.37. The summed E-state index contributed by atoms with van der Waals surface area (Å²) < 4.78 is 12.7. The smallest absolute Gasteiger partial charge is 0.435 e. The summed E-state index contributed by atoms with van der Waals surface area (Å²) in [6, 6.07) is 5.19. The van der Waals surface area contributed by atoms with E-state index in [4.69, 9.17) is 21.1 Å². The lowest BCUT2D eigenvalue weighted by Crippen LogP contribution is -2.27. The molecule has 0 saturated carbocycles. The molecule has 0 radical (unpaired) electrons. The molecule has 1 aliphatic rings. The van der Waals surface area contributed by atoms with Crippen molar-refractivity contribution >= 4 is 17.7 Å². The second kappa shape index (κ2) is 7.29. The molecule has 1 aromatic carbocycles. The van der Waals surface area contributed by atoms with Gasteiger partial charge < -0.3 is 14.6 Å². The first-order chi connectivity index (χ1) is 12.3. The number of halogens is 1. The number of aromatic nitrogens is 2. The molecular formula is C19H23ClN2O4. The number of hydrogen-bond donors (Lipinski definition) is 1. The van der Waals surface area contributed by atoms with E-state index in [1.54, 1.807) is 24.4 Å². The maximum atomic E-state index is 12.3. The van der Waals surface area contributed by atoms with E-state index in [1.807, 2.05) is 20.8 Å². The van der Waals surface area contributed by atoms with Gasteiger partial charge in [-0.25, -0.2) is 4.79 Å². The first-order valence-corrected chi connectivity index (χ1v) is 9.02. The SMILES string of the molecule is CC(C)(C)OC(=O)n1cc2c(n1)C(Oc1ccc(Cl)c(CO)c1)CCC2. The molecule has 0 amide bonds. The Morgan fingerprint density at radius 1 is 1.42 bits per heavy atom. The quantitative estimate of drug-likeness (QED) is 0.863. The summed E-state index contributed by atoms with van der Waals surface area (Å²) in [6.07, 6.45) is 3.56. The monoisotopic (exact) mass is 378 g/mol. The number of ether oxygens (including phenoxy) is 2. The summed E-state index contributed by atoms with van der Waals surface area (Å²) in [5.74, 6) is 0.614. The fourth-order valence-corrected chi connectivity index (χ4v) is 3.11. The Balaban J connectivity index is 1.82. The summed E-state index contributed by atoms with van der Waals surface area (Å²) in [4.78, 5) is 12.3. The fourth-order valence-electron chi connectivity index (χ4n) is 2.93. The Labute approximate surface area is 157 Å². The van der Waals surface area contributed by atoms with Crippen LogP contribution in [0.2, 0.25) is 5.02 Å². The summed E-state index contributed by atoms with van der Waals surface area (Å²) in [7, 11) is 0. The Bertz CT molecular complexity index is 810. The van der Waals surface area contributed by atoms with Crippen LogP contribution in [0, 0.1) is 0 Å². The lowest BCUT2D eigenvalue weighted by molar-refractivity contribution is 0.0512. The molecule has 1 heterocycles. The van der Waals surface area contributed by atoms with Crippen molar-refractivity contribution in [2.24, 2.45) is 0 Å². The van der Waals surface area contributed by atoms with Crippen LogP contribution < -0.4 is 4.74 Å². The van der Waals surface area contributed by atoms with Crippen LogP contribution in [0.15, 0.2) is 24.4 Å². The zero-order chi connectivity index (χ0) is 18.9. The van der Waals surface area contributed by atoms with Gasteiger partial charge in [-0.05, 0) is 69.4 Å². The predicted molar refractivity (Wildman–Crippen MR) is 97.5 cm³/mol. The molecule has 0 bridgehead atoms. The van der Waals surface area contributed by atoms with Gasteiger partial charge in [-0.2, -0.15) is 9.78 Å². The van der Waals surface area contributed by atoms with Gasteiger partial charge in [-0.1, -0.05) is 11.6 Å². The normalized spacial score (nSPS) is 16.9. The molecule has 140 valence electrons. The third kappa shape index (κ3) is 4.19. The standard InChI is InChI=1S/C19H23ClN2O4/c1-19(2,3)26-18(24)22-10-12-5-4-6-16(17(12)21-22)25-14-7-8-15(20)13(9-14)11-23/h7-10,16,23H,4-6,11H2,1-3H3. The number of carbonyl (C=O) groups is 1. The van der Waals surface area contributed by atoms with Gasteiger partial charge in [0, 0.05) is 11.2 Å². The number of rotatable bonds is 3. The Morgan fingerprint density at radius 3 is 2.88 bits per heavy atom. The van der Waals surface area contributed by atoms with E-state index in [-0.39, 0.29) is 12.7 Å². The zero-order valence-electron chi connectivity index (χ0n) is 15.2. The second-order valence-corrected chi connectivity index (χ2v) is 7.78. The molecule has 0 aliphatic heterocycles. The van der Waals surface area contributed by atoms with Crippen molar-refractivity contribution in [3.8, 4) is 5.75 Å². The highest BCUT2D eigenvalue weighted by molar-refractivity contribution is 6.31. The van der Waals surface area contributed by atoms with E-state index in [0.29, 0.717) is 16.3 Å². The number of aliphatic hydroxyl groups excluding tert-OH is 1. The van der Waals surface area contributed by atoms with Gasteiger partial charge in [0.05, 0.1) is 6.61 Å². The molecule has 26 heavy (non-hydrogen) atoms. The molecule has 1 unspecified atom stereocenters. The van der Waals surface area contributed by atoms with Crippen molar-refractivity contribution in [3.05, 3.63) is 46.2 Å². The van der Waals surface area contributed by atoms with Gasteiger partial charge in [0.25, 0.3) is 0 Å². The first-order valence-electron chi connectivity index (χ1n) is 8.64. The van der Waals surface area contributed by atoms with Crippen LogP contribution in [0.4, 0.5) is 4.79 Å². The van der Waals surface area contributed by atoms with E-state index in [2.05, 4.69) is 5.10 Å². The molecule has 0 spiro atoms. The molecule has 1 aliphatic carbocycles. The molecule has 2 aromatic rings. The van der Waals surface area contributed by atoms with Gasteiger partial charge in [0.2, 0.25) is 0 Å². The number of benzene rings is 1. The summed E-state index contributed by atoms with van der Waals surface area (Å²) >= 11 is 6.03. The number of aliphatic hydroxyl groups is 1. The van der Waals surface area contributed by atoms with Crippen LogP contribution in [0.5, 0.6) is 5.75 Å². The number of nitrogens with zero attached hydrogens (tertiary/aromatic N) is 2. The van der Waals surface area contributed by atoms with Gasteiger partial charge in [-0.3, -0.25) is 0 Å². The van der Waals surface area contributed by atoms with E-state index >= 15 is 0 Å².